The molecule has 0 aliphatic carbocycles. The minimum atomic E-state index is 0.973. The Kier molecular flexibility index (Phi) is 5.56. The van der Waals surface area contributed by atoms with E-state index in [4.69, 9.17) is 0 Å². The monoisotopic (exact) mass is 259 g/mol. The normalized spacial score (nSPS) is 10.9. The summed E-state index contributed by atoms with van der Waals surface area (Å²) < 4.78 is 0. The van der Waals surface area contributed by atoms with Crippen LogP contribution in [-0.2, 0) is 6.54 Å². The van der Waals surface area contributed by atoms with Crippen molar-refractivity contribution in [2.75, 3.05) is 18.6 Å². The van der Waals surface area contributed by atoms with Crippen LogP contribution in [0.1, 0.15) is 18.4 Å². The molecule has 0 heterocycles. The van der Waals surface area contributed by atoms with Gasteiger partial charge in [0.2, 0.25) is 0 Å². The summed E-state index contributed by atoms with van der Waals surface area (Å²) in [5.41, 5.74) is 1.40. The minimum absolute atomic E-state index is 0.973. The quantitative estimate of drug-likeness (QED) is 0.752. The highest BCUT2D eigenvalue weighted by Crippen LogP contribution is 2.18. The van der Waals surface area contributed by atoms with E-state index in [1.54, 1.807) is 0 Å². The minimum Gasteiger partial charge on any atom is -0.313 e. The van der Waals surface area contributed by atoms with Crippen molar-refractivity contribution in [3.05, 3.63) is 48.0 Å². The second kappa shape index (κ2) is 7.45. The van der Waals surface area contributed by atoms with Crippen LogP contribution in [0.4, 0.5) is 0 Å². The Hall–Kier alpha value is -0.990. The van der Waals surface area contributed by atoms with E-state index in [-0.39, 0.29) is 0 Å². The van der Waals surface area contributed by atoms with Crippen molar-refractivity contribution in [3.63, 3.8) is 0 Å². The van der Waals surface area contributed by atoms with E-state index in [0.29, 0.717) is 0 Å². The largest absolute Gasteiger partial charge is 0.313 e. The number of benzene rings is 2. The van der Waals surface area contributed by atoms with Gasteiger partial charge in [-0.3, -0.25) is 0 Å². The van der Waals surface area contributed by atoms with Crippen molar-refractivity contribution in [2.45, 2.75) is 19.4 Å². The van der Waals surface area contributed by atoms with Gasteiger partial charge in [0.15, 0.2) is 0 Å². The van der Waals surface area contributed by atoms with E-state index in [0.717, 1.165) is 13.1 Å². The fourth-order valence-electron chi connectivity index (χ4n) is 2.17. The molecule has 1 nitrogen and oxygen atoms in total. The van der Waals surface area contributed by atoms with Crippen molar-refractivity contribution in [1.29, 1.82) is 0 Å². The first-order valence-corrected chi connectivity index (χ1v) is 7.97. The van der Waals surface area contributed by atoms with Crippen LogP contribution < -0.4 is 5.32 Å². The Morgan fingerprint density at radius 1 is 1.00 bits per heavy atom. The fraction of sp³-hybridized carbons (Fsp3) is 0.375. The zero-order valence-electron chi connectivity index (χ0n) is 11.0. The van der Waals surface area contributed by atoms with Gasteiger partial charge < -0.3 is 5.32 Å². The van der Waals surface area contributed by atoms with E-state index in [1.165, 1.54) is 34.9 Å². The number of hydrogen-bond acceptors (Lipinski definition) is 2. The highest BCUT2D eigenvalue weighted by molar-refractivity contribution is 7.98. The van der Waals surface area contributed by atoms with Crippen LogP contribution in [0.25, 0.3) is 10.8 Å². The molecule has 0 aliphatic rings. The number of thioether (sulfide) groups is 1. The first kappa shape index (κ1) is 13.4. The van der Waals surface area contributed by atoms with Crippen LogP contribution in [0.3, 0.4) is 0 Å². The standard InChI is InChI=1S/C16H21NS/c1-18-12-5-4-11-17-13-15-9-6-8-14-7-2-3-10-16(14)15/h2-3,6-10,17H,4-5,11-13H2,1H3. The smallest absolute Gasteiger partial charge is 0.0211 e. The summed E-state index contributed by atoms with van der Waals surface area (Å²) in [6.45, 7) is 2.09. The van der Waals surface area contributed by atoms with Crippen molar-refractivity contribution in [1.82, 2.24) is 5.32 Å². The number of hydrogen-bond donors (Lipinski definition) is 1. The molecule has 1 N–H and O–H groups in total. The first-order chi connectivity index (χ1) is 8.92. The highest BCUT2D eigenvalue weighted by atomic mass is 32.2. The Morgan fingerprint density at radius 3 is 2.72 bits per heavy atom. The molecule has 0 spiro atoms. The second-order valence-corrected chi connectivity index (χ2v) is 5.50. The third-order valence-corrected chi connectivity index (χ3v) is 3.84. The number of unbranched alkanes of at least 4 members (excludes halogenated alkanes) is 1. The Balaban J connectivity index is 1.88. The van der Waals surface area contributed by atoms with Crippen molar-refractivity contribution < 1.29 is 0 Å². The van der Waals surface area contributed by atoms with Crippen LogP contribution in [0, 0.1) is 0 Å². The number of rotatable bonds is 7. The molecular weight excluding hydrogens is 238 g/mol. The van der Waals surface area contributed by atoms with E-state index in [1.807, 2.05) is 11.8 Å². The summed E-state index contributed by atoms with van der Waals surface area (Å²) in [6, 6.07) is 15.1. The predicted molar refractivity (Wildman–Crippen MR) is 83.3 cm³/mol. The lowest BCUT2D eigenvalue weighted by atomic mass is 10.0. The van der Waals surface area contributed by atoms with Gasteiger partial charge in [-0.25, -0.2) is 0 Å². The Labute approximate surface area is 114 Å². The SMILES string of the molecule is CSCCCCNCc1cccc2ccccc12. The van der Waals surface area contributed by atoms with Crippen LogP contribution >= 0.6 is 11.8 Å². The fourth-order valence-corrected chi connectivity index (χ4v) is 2.66. The van der Waals surface area contributed by atoms with Gasteiger partial charge in [0.1, 0.15) is 0 Å². The summed E-state index contributed by atoms with van der Waals surface area (Å²) in [4.78, 5) is 0. The van der Waals surface area contributed by atoms with Crippen LogP contribution in [0.2, 0.25) is 0 Å². The topological polar surface area (TPSA) is 12.0 Å². The molecule has 0 atom stereocenters. The second-order valence-electron chi connectivity index (χ2n) is 4.51. The molecule has 0 bridgehead atoms. The molecule has 0 amide bonds. The molecule has 96 valence electrons. The molecule has 0 fully saturated rings. The van der Waals surface area contributed by atoms with Gasteiger partial charge in [-0.1, -0.05) is 42.5 Å². The summed E-state index contributed by atoms with van der Waals surface area (Å²) in [6.07, 6.45) is 4.75. The van der Waals surface area contributed by atoms with E-state index < -0.39 is 0 Å². The zero-order valence-corrected chi connectivity index (χ0v) is 11.8. The molecule has 0 aromatic heterocycles. The van der Waals surface area contributed by atoms with E-state index >= 15 is 0 Å². The molecule has 2 aromatic carbocycles. The molecule has 2 rings (SSSR count). The molecule has 0 aliphatic heterocycles. The maximum atomic E-state index is 3.54. The molecule has 0 unspecified atom stereocenters. The summed E-state index contributed by atoms with van der Waals surface area (Å²) in [5.74, 6) is 1.27. The Morgan fingerprint density at radius 2 is 1.83 bits per heavy atom. The number of nitrogens with one attached hydrogen (secondary N) is 1. The predicted octanol–water partition coefficient (Wildman–Crippen LogP) is 4.07. The molecular formula is C16H21NS. The lowest BCUT2D eigenvalue weighted by molar-refractivity contribution is 0.646. The van der Waals surface area contributed by atoms with Crippen molar-refractivity contribution >= 4 is 22.5 Å². The van der Waals surface area contributed by atoms with E-state index in [2.05, 4.69) is 54.0 Å². The summed E-state index contributed by atoms with van der Waals surface area (Å²) in [7, 11) is 0. The average Bonchev–Trinajstić information content (AvgIpc) is 2.43. The molecule has 0 saturated heterocycles. The molecule has 2 aromatic rings. The van der Waals surface area contributed by atoms with Gasteiger partial charge >= 0.3 is 0 Å². The van der Waals surface area contributed by atoms with Gasteiger partial charge in [-0.05, 0) is 47.7 Å². The summed E-state index contributed by atoms with van der Waals surface area (Å²) >= 11 is 1.93. The van der Waals surface area contributed by atoms with Gasteiger partial charge in [-0.2, -0.15) is 11.8 Å². The van der Waals surface area contributed by atoms with Crippen molar-refractivity contribution in [2.24, 2.45) is 0 Å². The number of fused-ring (bicyclic) bond motifs is 1. The first-order valence-electron chi connectivity index (χ1n) is 6.58. The molecule has 0 saturated carbocycles. The van der Waals surface area contributed by atoms with Gasteiger partial charge in [-0.15, -0.1) is 0 Å². The van der Waals surface area contributed by atoms with Crippen molar-refractivity contribution in [3.8, 4) is 0 Å². The van der Waals surface area contributed by atoms with Crippen LogP contribution in [-0.4, -0.2) is 18.6 Å². The molecule has 0 radical (unpaired) electrons. The lowest BCUT2D eigenvalue weighted by Gasteiger charge is -2.08. The highest BCUT2D eigenvalue weighted by Gasteiger charge is 1.99. The van der Waals surface area contributed by atoms with Gasteiger partial charge in [0.05, 0.1) is 0 Å². The summed E-state index contributed by atoms with van der Waals surface area (Å²) in [5, 5.41) is 6.25. The van der Waals surface area contributed by atoms with Crippen LogP contribution in [0.5, 0.6) is 0 Å². The maximum Gasteiger partial charge on any atom is 0.0211 e. The average molecular weight is 259 g/mol. The molecule has 2 heteroatoms. The maximum absolute atomic E-state index is 3.54. The zero-order chi connectivity index (χ0) is 12.6. The van der Waals surface area contributed by atoms with Gasteiger partial charge in [0.25, 0.3) is 0 Å². The van der Waals surface area contributed by atoms with E-state index in [9.17, 15) is 0 Å². The van der Waals surface area contributed by atoms with Crippen LogP contribution in [0.15, 0.2) is 42.5 Å². The molecule has 18 heavy (non-hydrogen) atoms. The third kappa shape index (κ3) is 3.76. The Bertz CT molecular complexity index is 476. The third-order valence-electron chi connectivity index (χ3n) is 3.15. The lowest BCUT2D eigenvalue weighted by Crippen LogP contribution is -2.15. The van der Waals surface area contributed by atoms with Gasteiger partial charge in [0, 0.05) is 6.54 Å².